The number of ether oxygens (including phenoxy) is 1. The molecule has 0 bridgehead atoms. The second kappa shape index (κ2) is 6.35. The molecular formula is C16H25N3O2. The van der Waals surface area contributed by atoms with Crippen LogP contribution in [0.25, 0.3) is 0 Å². The summed E-state index contributed by atoms with van der Waals surface area (Å²) in [5, 5.41) is 11.8. The fourth-order valence-electron chi connectivity index (χ4n) is 2.67. The van der Waals surface area contributed by atoms with E-state index < -0.39 is 0 Å². The molecule has 5 nitrogen and oxygen atoms in total. The molecule has 2 rings (SSSR count). The Bertz CT molecular complexity index is 516. The van der Waals surface area contributed by atoms with Gasteiger partial charge in [0.1, 0.15) is 5.75 Å². The summed E-state index contributed by atoms with van der Waals surface area (Å²) < 4.78 is 5.34. The third-order valence-electron chi connectivity index (χ3n) is 4.27. The zero-order valence-corrected chi connectivity index (χ0v) is 13.1. The van der Waals surface area contributed by atoms with Crippen LogP contribution in [0.3, 0.4) is 0 Å². The van der Waals surface area contributed by atoms with Crippen LogP contribution < -0.4 is 10.5 Å². The lowest BCUT2D eigenvalue weighted by Crippen LogP contribution is -2.36. The van der Waals surface area contributed by atoms with Crippen LogP contribution in [0.4, 0.5) is 0 Å². The Morgan fingerprint density at radius 3 is 2.62 bits per heavy atom. The molecule has 1 aromatic carbocycles. The highest BCUT2D eigenvalue weighted by Crippen LogP contribution is 2.30. The molecule has 1 heterocycles. The number of methoxy groups -OCH3 is 1. The lowest BCUT2D eigenvalue weighted by atomic mass is 9.82. The van der Waals surface area contributed by atoms with Crippen LogP contribution in [0.5, 0.6) is 5.75 Å². The molecule has 21 heavy (non-hydrogen) atoms. The van der Waals surface area contributed by atoms with Gasteiger partial charge in [-0.1, -0.05) is 25.1 Å². The molecule has 1 aliphatic heterocycles. The molecule has 3 N–H and O–H groups in total. The summed E-state index contributed by atoms with van der Waals surface area (Å²) in [6.45, 7) is 7.82. The molecule has 0 spiro atoms. The summed E-state index contributed by atoms with van der Waals surface area (Å²) >= 11 is 0. The number of nitrogens with zero attached hydrogens (tertiary/aromatic N) is 2. The predicted molar refractivity (Wildman–Crippen MR) is 83.8 cm³/mol. The number of rotatable bonds is 4. The van der Waals surface area contributed by atoms with Crippen LogP contribution in [0.2, 0.25) is 0 Å². The molecular weight excluding hydrogens is 266 g/mol. The average Bonchev–Trinajstić information content (AvgIpc) is 2.48. The molecule has 1 saturated heterocycles. The Labute approximate surface area is 126 Å². The highest BCUT2D eigenvalue weighted by atomic mass is 16.5. The second-order valence-corrected chi connectivity index (χ2v) is 6.46. The van der Waals surface area contributed by atoms with Crippen molar-refractivity contribution >= 4 is 5.84 Å². The van der Waals surface area contributed by atoms with Crippen molar-refractivity contribution in [2.75, 3.05) is 20.2 Å². The van der Waals surface area contributed by atoms with Gasteiger partial charge in [0.15, 0.2) is 5.84 Å². The number of amidine groups is 1. The molecule has 0 saturated carbocycles. The third-order valence-corrected chi connectivity index (χ3v) is 4.27. The number of piperidine rings is 1. The van der Waals surface area contributed by atoms with E-state index in [2.05, 4.69) is 23.9 Å². The van der Waals surface area contributed by atoms with E-state index in [0.29, 0.717) is 16.7 Å². The number of oxime groups is 1. The number of hydrogen-bond donors (Lipinski definition) is 2. The van der Waals surface area contributed by atoms with E-state index in [1.165, 1.54) is 18.4 Å². The first-order valence-corrected chi connectivity index (χ1v) is 7.32. The van der Waals surface area contributed by atoms with Crippen molar-refractivity contribution in [3.05, 3.63) is 29.3 Å². The fraction of sp³-hybridized carbons (Fsp3) is 0.562. The first kappa shape index (κ1) is 15.6. The molecule has 0 radical (unpaired) electrons. The van der Waals surface area contributed by atoms with E-state index in [1.54, 1.807) is 7.11 Å². The van der Waals surface area contributed by atoms with Crippen molar-refractivity contribution in [3.63, 3.8) is 0 Å². The standard InChI is InChI=1S/C16H25N3O2/c1-16(2)6-8-19(9-7-16)11-12-4-5-13(15(17)18-20)14(10-12)21-3/h4-5,10,20H,6-9,11H2,1-3H3,(H2,17,18). The second-order valence-electron chi connectivity index (χ2n) is 6.46. The minimum atomic E-state index is 0.0677. The summed E-state index contributed by atoms with van der Waals surface area (Å²) in [5.74, 6) is 0.707. The Morgan fingerprint density at radius 2 is 2.05 bits per heavy atom. The summed E-state index contributed by atoms with van der Waals surface area (Å²) in [7, 11) is 1.59. The van der Waals surface area contributed by atoms with Gasteiger partial charge in [-0.3, -0.25) is 4.90 Å². The maximum absolute atomic E-state index is 8.79. The van der Waals surface area contributed by atoms with Crippen molar-refractivity contribution in [3.8, 4) is 5.75 Å². The molecule has 5 heteroatoms. The molecule has 0 amide bonds. The Hall–Kier alpha value is -1.75. The third kappa shape index (κ3) is 3.88. The van der Waals surface area contributed by atoms with Crippen LogP contribution in [0, 0.1) is 5.41 Å². The zero-order chi connectivity index (χ0) is 15.5. The highest BCUT2D eigenvalue weighted by molar-refractivity contribution is 5.99. The number of hydrogen-bond acceptors (Lipinski definition) is 4. The van der Waals surface area contributed by atoms with Gasteiger partial charge in [-0.2, -0.15) is 0 Å². The highest BCUT2D eigenvalue weighted by Gasteiger charge is 2.25. The van der Waals surface area contributed by atoms with E-state index in [0.717, 1.165) is 19.6 Å². The molecule has 1 fully saturated rings. The zero-order valence-electron chi connectivity index (χ0n) is 13.1. The van der Waals surface area contributed by atoms with Gasteiger partial charge in [-0.25, -0.2) is 0 Å². The van der Waals surface area contributed by atoms with Gasteiger partial charge in [0.2, 0.25) is 0 Å². The molecule has 116 valence electrons. The van der Waals surface area contributed by atoms with Gasteiger partial charge in [-0.05, 0) is 49.0 Å². The molecule has 0 atom stereocenters. The molecule has 1 aliphatic rings. The largest absolute Gasteiger partial charge is 0.496 e. The SMILES string of the molecule is COc1cc(CN2CCC(C)(C)CC2)ccc1/C(N)=N/O. The van der Waals surface area contributed by atoms with Gasteiger partial charge < -0.3 is 15.7 Å². The van der Waals surface area contributed by atoms with Gasteiger partial charge in [0, 0.05) is 6.54 Å². The Morgan fingerprint density at radius 1 is 1.38 bits per heavy atom. The van der Waals surface area contributed by atoms with Crippen molar-refractivity contribution in [2.45, 2.75) is 33.2 Å². The average molecular weight is 291 g/mol. The minimum Gasteiger partial charge on any atom is -0.496 e. The monoisotopic (exact) mass is 291 g/mol. The van der Waals surface area contributed by atoms with E-state index >= 15 is 0 Å². The van der Waals surface area contributed by atoms with E-state index in [4.69, 9.17) is 15.7 Å². The van der Waals surface area contributed by atoms with Gasteiger partial charge in [0.05, 0.1) is 12.7 Å². The maximum atomic E-state index is 8.79. The van der Waals surface area contributed by atoms with Crippen LogP contribution in [-0.2, 0) is 6.54 Å². The van der Waals surface area contributed by atoms with Gasteiger partial charge in [-0.15, -0.1) is 0 Å². The molecule has 1 aromatic rings. The summed E-state index contributed by atoms with van der Waals surface area (Å²) in [6, 6.07) is 5.82. The summed E-state index contributed by atoms with van der Waals surface area (Å²) in [4.78, 5) is 2.46. The van der Waals surface area contributed by atoms with E-state index in [9.17, 15) is 0 Å². The van der Waals surface area contributed by atoms with E-state index in [-0.39, 0.29) is 5.84 Å². The fourth-order valence-corrected chi connectivity index (χ4v) is 2.67. The first-order chi connectivity index (χ1) is 9.95. The van der Waals surface area contributed by atoms with Crippen LogP contribution in [0.15, 0.2) is 23.4 Å². The lowest BCUT2D eigenvalue weighted by molar-refractivity contribution is 0.127. The predicted octanol–water partition coefficient (Wildman–Crippen LogP) is 2.41. The van der Waals surface area contributed by atoms with Crippen molar-refractivity contribution < 1.29 is 9.94 Å². The van der Waals surface area contributed by atoms with Crippen LogP contribution in [0.1, 0.15) is 37.8 Å². The molecule has 0 aromatic heterocycles. The molecule has 0 unspecified atom stereocenters. The van der Waals surface area contributed by atoms with Crippen LogP contribution >= 0.6 is 0 Å². The van der Waals surface area contributed by atoms with Crippen molar-refractivity contribution in [2.24, 2.45) is 16.3 Å². The number of likely N-dealkylation sites (tertiary alicyclic amines) is 1. The first-order valence-electron chi connectivity index (χ1n) is 7.32. The molecule has 0 aliphatic carbocycles. The normalized spacial score (nSPS) is 19.5. The van der Waals surface area contributed by atoms with E-state index in [1.807, 2.05) is 18.2 Å². The topological polar surface area (TPSA) is 71.1 Å². The summed E-state index contributed by atoms with van der Waals surface area (Å²) in [5.41, 5.74) is 7.90. The maximum Gasteiger partial charge on any atom is 0.173 e. The van der Waals surface area contributed by atoms with Crippen molar-refractivity contribution in [1.29, 1.82) is 0 Å². The Balaban J connectivity index is 2.08. The van der Waals surface area contributed by atoms with Crippen LogP contribution in [-0.4, -0.2) is 36.1 Å². The Kier molecular flexibility index (Phi) is 4.73. The van der Waals surface area contributed by atoms with Gasteiger partial charge >= 0.3 is 0 Å². The smallest absolute Gasteiger partial charge is 0.173 e. The van der Waals surface area contributed by atoms with Gasteiger partial charge in [0.25, 0.3) is 0 Å². The number of benzene rings is 1. The number of nitrogens with two attached hydrogens (primary N) is 1. The summed E-state index contributed by atoms with van der Waals surface area (Å²) in [6.07, 6.45) is 2.46. The minimum absolute atomic E-state index is 0.0677. The van der Waals surface area contributed by atoms with Crippen molar-refractivity contribution in [1.82, 2.24) is 4.90 Å². The lowest BCUT2D eigenvalue weighted by Gasteiger charge is -2.37. The quantitative estimate of drug-likeness (QED) is 0.387.